The number of hydrogen-bond donors (Lipinski definition) is 3. The lowest BCUT2D eigenvalue weighted by Gasteiger charge is -2.33. The Kier molecular flexibility index (Phi) is 4.85. The van der Waals surface area contributed by atoms with Crippen LogP contribution < -0.4 is 10.6 Å². The smallest absolute Gasteiger partial charge is 0.390 e. The molecule has 3 N–H and O–H groups in total. The lowest BCUT2D eigenvalue weighted by atomic mass is 9.84. The van der Waals surface area contributed by atoms with E-state index < -0.39 is 17.3 Å². The van der Waals surface area contributed by atoms with Gasteiger partial charge in [0.2, 0.25) is 5.95 Å². The average molecular weight is 405 g/mol. The predicted octanol–water partition coefficient (Wildman–Crippen LogP) is 4.60. The third-order valence-corrected chi connectivity index (χ3v) is 5.24. The molecule has 1 saturated carbocycles. The second-order valence-electron chi connectivity index (χ2n) is 7.73. The topological polar surface area (TPSA) is 74.5 Å². The van der Waals surface area contributed by atoms with Crippen LogP contribution in [-0.4, -0.2) is 31.3 Å². The van der Waals surface area contributed by atoms with Crippen molar-refractivity contribution in [3.8, 4) is 0 Å². The van der Waals surface area contributed by atoms with Crippen molar-refractivity contribution in [3.63, 3.8) is 0 Å². The van der Waals surface area contributed by atoms with E-state index in [0.717, 1.165) is 43.6 Å². The molecular weight excluding hydrogens is 383 g/mol. The van der Waals surface area contributed by atoms with Crippen LogP contribution in [0.3, 0.4) is 0 Å². The number of fused-ring (bicyclic) bond motifs is 1. The highest BCUT2D eigenvalue weighted by Crippen LogP contribution is 2.31. The third kappa shape index (κ3) is 4.45. The van der Waals surface area contributed by atoms with E-state index in [1.807, 2.05) is 25.1 Å². The van der Waals surface area contributed by atoms with Crippen molar-refractivity contribution in [1.29, 1.82) is 0 Å². The number of nitrogens with zero attached hydrogens (tertiary/aromatic N) is 3. The summed E-state index contributed by atoms with van der Waals surface area (Å²) in [7, 11) is 0. The number of halogens is 3. The van der Waals surface area contributed by atoms with Gasteiger partial charge >= 0.3 is 6.18 Å². The van der Waals surface area contributed by atoms with E-state index in [0.29, 0.717) is 17.3 Å². The standard InChI is InChI=1S/C20H22F3N5O/c1-19(29)11-9-15(10-12-19)24-16-3-2-4-17-26-18(27-28(16)17)25-14-7-5-13(6-8-14)20(21,22)23/h2-8,15,24,29H,9-12H2,1H3,(H,25,27). The van der Waals surface area contributed by atoms with E-state index >= 15 is 0 Å². The first-order chi connectivity index (χ1) is 13.7. The fraction of sp³-hybridized carbons (Fsp3) is 0.400. The van der Waals surface area contributed by atoms with Gasteiger partial charge < -0.3 is 15.7 Å². The molecule has 1 aliphatic rings. The van der Waals surface area contributed by atoms with E-state index in [1.165, 1.54) is 12.1 Å². The monoisotopic (exact) mass is 405 g/mol. The lowest BCUT2D eigenvalue weighted by molar-refractivity contribution is -0.137. The van der Waals surface area contributed by atoms with Crippen LogP contribution in [0.1, 0.15) is 38.2 Å². The zero-order valence-corrected chi connectivity index (χ0v) is 15.9. The van der Waals surface area contributed by atoms with Crippen LogP contribution in [0.2, 0.25) is 0 Å². The molecule has 0 unspecified atom stereocenters. The number of pyridine rings is 1. The summed E-state index contributed by atoms with van der Waals surface area (Å²) in [5, 5.41) is 20.9. The highest BCUT2D eigenvalue weighted by Gasteiger charge is 2.30. The van der Waals surface area contributed by atoms with Crippen molar-refractivity contribution in [1.82, 2.24) is 14.6 Å². The summed E-state index contributed by atoms with van der Waals surface area (Å²) < 4.78 is 39.8. The molecule has 1 fully saturated rings. The molecule has 2 heterocycles. The maximum absolute atomic E-state index is 12.7. The second-order valence-corrected chi connectivity index (χ2v) is 7.73. The van der Waals surface area contributed by atoms with E-state index in [1.54, 1.807) is 4.52 Å². The van der Waals surface area contributed by atoms with E-state index in [2.05, 4.69) is 20.7 Å². The summed E-state index contributed by atoms with van der Waals surface area (Å²) in [5.41, 5.74) is -0.218. The van der Waals surface area contributed by atoms with E-state index in [4.69, 9.17) is 0 Å². The van der Waals surface area contributed by atoms with Gasteiger partial charge in [-0.15, -0.1) is 5.10 Å². The summed E-state index contributed by atoms with van der Waals surface area (Å²) in [5.74, 6) is 1.08. The SMILES string of the molecule is CC1(O)CCC(Nc2cccc3nc(Nc4ccc(C(F)(F)F)cc4)nn23)CC1. The third-order valence-electron chi connectivity index (χ3n) is 5.24. The van der Waals surface area contributed by atoms with Gasteiger partial charge in [-0.2, -0.15) is 22.7 Å². The molecule has 0 bridgehead atoms. The van der Waals surface area contributed by atoms with E-state index in [-0.39, 0.29) is 6.04 Å². The van der Waals surface area contributed by atoms with Crippen LogP contribution in [0, 0.1) is 0 Å². The molecule has 0 saturated heterocycles. The zero-order chi connectivity index (χ0) is 20.6. The molecule has 154 valence electrons. The fourth-order valence-corrected chi connectivity index (χ4v) is 3.53. The quantitative estimate of drug-likeness (QED) is 0.592. The van der Waals surface area contributed by atoms with Gasteiger partial charge in [-0.3, -0.25) is 0 Å². The van der Waals surface area contributed by atoms with Crippen molar-refractivity contribution >= 4 is 23.1 Å². The van der Waals surface area contributed by atoms with Gasteiger partial charge in [0.15, 0.2) is 5.65 Å². The minimum atomic E-state index is -4.37. The summed E-state index contributed by atoms with van der Waals surface area (Å²) in [4.78, 5) is 4.39. The zero-order valence-electron chi connectivity index (χ0n) is 15.9. The molecule has 0 amide bonds. The molecule has 1 aromatic carbocycles. The number of hydrogen-bond acceptors (Lipinski definition) is 5. The van der Waals surface area contributed by atoms with Crippen molar-refractivity contribution in [2.24, 2.45) is 0 Å². The van der Waals surface area contributed by atoms with Gasteiger partial charge in [0, 0.05) is 11.7 Å². The van der Waals surface area contributed by atoms with E-state index in [9.17, 15) is 18.3 Å². The largest absolute Gasteiger partial charge is 0.416 e. The normalized spacial score (nSPS) is 22.6. The first-order valence-electron chi connectivity index (χ1n) is 9.49. The summed E-state index contributed by atoms with van der Waals surface area (Å²) >= 11 is 0. The molecule has 0 aliphatic heterocycles. The first-order valence-corrected chi connectivity index (χ1v) is 9.49. The van der Waals surface area contributed by atoms with Gasteiger partial charge in [0.1, 0.15) is 5.82 Å². The molecule has 3 aromatic rings. The molecular formula is C20H22F3N5O. The Morgan fingerprint density at radius 3 is 2.45 bits per heavy atom. The molecule has 1 aliphatic carbocycles. The van der Waals surface area contributed by atoms with Crippen molar-refractivity contribution < 1.29 is 18.3 Å². The Hall–Kier alpha value is -2.81. The summed E-state index contributed by atoms with van der Waals surface area (Å²) in [6.45, 7) is 1.86. The number of alkyl halides is 3. The number of anilines is 3. The Morgan fingerprint density at radius 2 is 1.79 bits per heavy atom. The Labute approximate surface area is 165 Å². The van der Waals surface area contributed by atoms with Gasteiger partial charge in [-0.25, -0.2) is 0 Å². The fourth-order valence-electron chi connectivity index (χ4n) is 3.53. The molecule has 6 nitrogen and oxygen atoms in total. The van der Waals surface area contributed by atoms with Gasteiger partial charge in [0.05, 0.1) is 11.2 Å². The van der Waals surface area contributed by atoms with Crippen molar-refractivity contribution in [2.75, 3.05) is 10.6 Å². The molecule has 0 radical (unpaired) electrons. The number of benzene rings is 1. The number of nitrogens with one attached hydrogen (secondary N) is 2. The van der Waals surface area contributed by atoms with Crippen LogP contribution in [0.15, 0.2) is 42.5 Å². The maximum Gasteiger partial charge on any atom is 0.416 e. The van der Waals surface area contributed by atoms with Crippen LogP contribution in [-0.2, 0) is 6.18 Å². The molecule has 2 aromatic heterocycles. The summed E-state index contributed by atoms with van der Waals surface area (Å²) in [6.07, 6.45) is -1.19. The number of aromatic nitrogens is 3. The average Bonchev–Trinajstić information content (AvgIpc) is 3.06. The van der Waals surface area contributed by atoms with Crippen molar-refractivity contribution in [2.45, 2.75) is 50.4 Å². The van der Waals surface area contributed by atoms with Gasteiger partial charge in [-0.05, 0) is 69.0 Å². The molecule has 9 heteroatoms. The number of aliphatic hydroxyl groups is 1. The molecule has 4 rings (SSSR count). The van der Waals surface area contributed by atoms with Crippen LogP contribution in [0.5, 0.6) is 0 Å². The van der Waals surface area contributed by atoms with Crippen molar-refractivity contribution in [3.05, 3.63) is 48.0 Å². The second kappa shape index (κ2) is 7.22. The van der Waals surface area contributed by atoms with Crippen LogP contribution >= 0.6 is 0 Å². The minimum absolute atomic E-state index is 0.233. The highest BCUT2D eigenvalue weighted by atomic mass is 19.4. The first kappa shape index (κ1) is 19.5. The predicted molar refractivity (Wildman–Crippen MR) is 104 cm³/mol. The van der Waals surface area contributed by atoms with Crippen LogP contribution in [0.4, 0.5) is 30.6 Å². The maximum atomic E-state index is 12.7. The molecule has 0 atom stereocenters. The van der Waals surface area contributed by atoms with Crippen LogP contribution in [0.25, 0.3) is 5.65 Å². The summed E-state index contributed by atoms with van der Waals surface area (Å²) in [6, 6.07) is 10.5. The Morgan fingerprint density at radius 1 is 1.10 bits per heavy atom. The lowest BCUT2D eigenvalue weighted by Crippen LogP contribution is -2.36. The highest BCUT2D eigenvalue weighted by molar-refractivity contribution is 5.58. The molecule has 29 heavy (non-hydrogen) atoms. The van der Waals surface area contributed by atoms with Gasteiger partial charge in [-0.1, -0.05) is 6.07 Å². The molecule has 0 spiro atoms. The minimum Gasteiger partial charge on any atom is -0.390 e. The Balaban J connectivity index is 1.50. The Bertz CT molecular complexity index is 988. The number of rotatable bonds is 4. The van der Waals surface area contributed by atoms with Gasteiger partial charge in [0.25, 0.3) is 0 Å².